The van der Waals surface area contributed by atoms with Crippen LogP contribution >= 0.6 is 0 Å². The smallest absolute Gasteiger partial charge is 0.00129 e. The van der Waals surface area contributed by atoms with Crippen LogP contribution < -0.4 is 0 Å². The van der Waals surface area contributed by atoms with Gasteiger partial charge < -0.3 is 9.80 Å². The van der Waals surface area contributed by atoms with Crippen LogP contribution in [-0.2, 0) is 0 Å². The van der Waals surface area contributed by atoms with Crippen molar-refractivity contribution < 1.29 is 0 Å². The molecule has 0 N–H and O–H groups in total. The SMILES string of the molecule is CC1=CC[C@@H](CN(CCCN(C)C)C[C@@H]2CC=C(C)CC2)CC1. The van der Waals surface area contributed by atoms with Crippen molar-refractivity contribution >= 4 is 0 Å². The zero-order chi connectivity index (χ0) is 16.7. The summed E-state index contributed by atoms with van der Waals surface area (Å²) in [6.45, 7) is 9.71. The van der Waals surface area contributed by atoms with E-state index in [2.05, 4.69) is 49.9 Å². The number of rotatable bonds is 8. The van der Waals surface area contributed by atoms with Crippen LogP contribution in [0.3, 0.4) is 0 Å². The van der Waals surface area contributed by atoms with Gasteiger partial charge in [0.15, 0.2) is 0 Å². The highest BCUT2D eigenvalue weighted by atomic mass is 15.1. The Bertz CT molecular complexity index is 376. The van der Waals surface area contributed by atoms with E-state index in [1.807, 2.05) is 0 Å². The van der Waals surface area contributed by atoms with Crippen LogP contribution in [0, 0.1) is 11.8 Å². The van der Waals surface area contributed by atoms with E-state index in [1.165, 1.54) is 71.1 Å². The molecule has 0 aliphatic heterocycles. The first kappa shape index (κ1) is 18.7. The van der Waals surface area contributed by atoms with Crippen LogP contribution in [0.15, 0.2) is 23.3 Å². The van der Waals surface area contributed by atoms with E-state index in [1.54, 1.807) is 11.1 Å². The zero-order valence-corrected chi connectivity index (χ0v) is 16.0. The minimum Gasteiger partial charge on any atom is -0.309 e. The van der Waals surface area contributed by atoms with Gasteiger partial charge in [-0.1, -0.05) is 23.3 Å². The van der Waals surface area contributed by atoms with Crippen molar-refractivity contribution in [1.82, 2.24) is 9.80 Å². The van der Waals surface area contributed by atoms with Crippen molar-refractivity contribution in [3.05, 3.63) is 23.3 Å². The Morgan fingerprint density at radius 1 is 0.870 bits per heavy atom. The van der Waals surface area contributed by atoms with Gasteiger partial charge >= 0.3 is 0 Å². The van der Waals surface area contributed by atoms with Crippen LogP contribution in [0.4, 0.5) is 0 Å². The summed E-state index contributed by atoms with van der Waals surface area (Å²) in [7, 11) is 4.38. The second-order valence-electron chi connectivity index (χ2n) is 8.30. The van der Waals surface area contributed by atoms with E-state index in [4.69, 9.17) is 0 Å². The fourth-order valence-corrected chi connectivity index (χ4v) is 3.97. The monoisotopic (exact) mass is 318 g/mol. The number of nitrogens with zero attached hydrogens (tertiary/aromatic N) is 2. The molecule has 0 radical (unpaired) electrons. The standard InChI is InChI=1S/C21H38N2/c1-18-6-10-20(11-7-18)16-23(15-5-14-22(3)4)17-21-12-8-19(2)9-13-21/h6,8,20-21H,5,7,9-17H2,1-4H3/t20-,21-/m1/s1. The summed E-state index contributed by atoms with van der Waals surface area (Å²) in [6, 6.07) is 0. The Balaban J connectivity index is 1.83. The lowest BCUT2D eigenvalue weighted by Crippen LogP contribution is -2.36. The normalized spacial score (nSPS) is 25.7. The molecular formula is C21H38N2. The van der Waals surface area contributed by atoms with E-state index < -0.39 is 0 Å². The minimum atomic E-state index is 0.888. The second-order valence-corrected chi connectivity index (χ2v) is 8.30. The van der Waals surface area contributed by atoms with Crippen LogP contribution in [-0.4, -0.2) is 50.1 Å². The van der Waals surface area contributed by atoms with Gasteiger partial charge in [-0.25, -0.2) is 0 Å². The molecule has 0 fully saturated rings. The van der Waals surface area contributed by atoms with Gasteiger partial charge in [0.2, 0.25) is 0 Å². The molecule has 2 heteroatoms. The summed E-state index contributed by atoms with van der Waals surface area (Å²) in [5.41, 5.74) is 3.21. The topological polar surface area (TPSA) is 6.48 Å². The summed E-state index contributed by atoms with van der Waals surface area (Å²) < 4.78 is 0. The highest BCUT2D eigenvalue weighted by Gasteiger charge is 2.20. The van der Waals surface area contributed by atoms with Gasteiger partial charge in [0.25, 0.3) is 0 Å². The molecule has 2 rings (SSSR count). The Labute approximate surface area is 144 Å². The molecule has 0 aromatic rings. The van der Waals surface area contributed by atoms with Crippen LogP contribution in [0.5, 0.6) is 0 Å². The quantitative estimate of drug-likeness (QED) is 0.597. The minimum absolute atomic E-state index is 0.888. The first-order valence-corrected chi connectivity index (χ1v) is 9.71. The molecule has 0 amide bonds. The van der Waals surface area contributed by atoms with E-state index in [9.17, 15) is 0 Å². The Hall–Kier alpha value is -0.600. The number of hydrogen-bond donors (Lipinski definition) is 0. The van der Waals surface area contributed by atoms with Gasteiger partial charge in [-0.05, 0) is 97.8 Å². The third-order valence-electron chi connectivity index (χ3n) is 5.61. The lowest BCUT2D eigenvalue weighted by atomic mass is 9.88. The van der Waals surface area contributed by atoms with Gasteiger partial charge in [-0.15, -0.1) is 0 Å². The molecular weight excluding hydrogens is 280 g/mol. The largest absolute Gasteiger partial charge is 0.309 e. The molecule has 2 atom stereocenters. The van der Waals surface area contributed by atoms with Gasteiger partial charge in [0.1, 0.15) is 0 Å². The summed E-state index contributed by atoms with van der Waals surface area (Å²) in [5, 5.41) is 0. The first-order chi connectivity index (χ1) is 11.0. The van der Waals surface area contributed by atoms with Crippen LogP contribution in [0.25, 0.3) is 0 Å². The highest BCUT2D eigenvalue weighted by Crippen LogP contribution is 2.27. The van der Waals surface area contributed by atoms with E-state index >= 15 is 0 Å². The van der Waals surface area contributed by atoms with Gasteiger partial charge in [0, 0.05) is 13.1 Å². The maximum atomic E-state index is 2.79. The molecule has 0 saturated heterocycles. The molecule has 0 bridgehead atoms. The van der Waals surface area contributed by atoms with E-state index in [0.29, 0.717) is 0 Å². The Morgan fingerprint density at radius 3 is 1.78 bits per heavy atom. The first-order valence-electron chi connectivity index (χ1n) is 9.71. The maximum Gasteiger partial charge on any atom is 0.00129 e. The Kier molecular flexibility index (Phi) is 7.85. The molecule has 0 saturated carbocycles. The molecule has 2 aliphatic carbocycles. The van der Waals surface area contributed by atoms with Gasteiger partial charge in [-0.2, -0.15) is 0 Å². The van der Waals surface area contributed by atoms with E-state index in [-0.39, 0.29) is 0 Å². The molecule has 2 aliphatic rings. The second kappa shape index (κ2) is 9.64. The molecule has 0 aromatic heterocycles. The number of hydrogen-bond acceptors (Lipinski definition) is 2. The van der Waals surface area contributed by atoms with Crippen LogP contribution in [0.2, 0.25) is 0 Å². The highest BCUT2D eigenvalue weighted by molar-refractivity contribution is 5.04. The summed E-state index contributed by atoms with van der Waals surface area (Å²) in [6.07, 6.45) is 14.3. The molecule has 0 heterocycles. The molecule has 132 valence electrons. The van der Waals surface area contributed by atoms with Crippen molar-refractivity contribution in [2.45, 2.75) is 58.8 Å². The van der Waals surface area contributed by atoms with Gasteiger partial charge in [0.05, 0.1) is 0 Å². The van der Waals surface area contributed by atoms with Gasteiger partial charge in [-0.3, -0.25) is 0 Å². The van der Waals surface area contributed by atoms with Crippen LogP contribution in [0.1, 0.15) is 58.8 Å². The van der Waals surface area contributed by atoms with Crippen molar-refractivity contribution in [2.24, 2.45) is 11.8 Å². The lowest BCUT2D eigenvalue weighted by Gasteiger charge is -2.33. The predicted octanol–water partition coefficient (Wildman–Crippen LogP) is 4.73. The average molecular weight is 319 g/mol. The fourth-order valence-electron chi connectivity index (χ4n) is 3.97. The Morgan fingerprint density at radius 2 is 1.39 bits per heavy atom. The predicted molar refractivity (Wildman–Crippen MR) is 102 cm³/mol. The fraction of sp³-hybridized carbons (Fsp3) is 0.810. The van der Waals surface area contributed by atoms with Crippen molar-refractivity contribution in [3.63, 3.8) is 0 Å². The molecule has 23 heavy (non-hydrogen) atoms. The average Bonchev–Trinajstić information content (AvgIpc) is 2.51. The maximum absolute atomic E-state index is 2.79. The molecule has 0 aromatic carbocycles. The summed E-state index contributed by atoms with van der Waals surface area (Å²) >= 11 is 0. The molecule has 2 nitrogen and oxygen atoms in total. The summed E-state index contributed by atoms with van der Waals surface area (Å²) in [5.74, 6) is 1.78. The summed E-state index contributed by atoms with van der Waals surface area (Å²) in [4.78, 5) is 5.11. The molecule has 0 unspecified atom stereocenters. The third kappa shape index (κ3) is 7.22. The number of allylic oxidation sites excluding steroid dienone is 4. The third-order valence-corrected chi connectivity index (χ3v) is 5.61. The lowest BCUT2D eigenvalue weighted by molar-refractivity contribution is 0.178. The molecule has 0 spiro atoms. The van der Waals surface area contributed by atoms with E-state index in [0.717, 1.165) is 11.8 Å². The van der Waals surface area contributed by atoms with Crippen molar-refractivity contribution in [2.75, 3.05) is 40.3 Å². The van der Waals surface area contributed by atoms with Crippen molar-refractivity contribution in [1.29, 1.82) is 0 Å². The zero-order valence-electron chi connectivity index (χ0n) is 16.0. The van der Waals surface area contributed by atoms with Crippen molar-refractivity contribution in [3.8, 4) is 0 Å².